The average molecular weight is 196 g/mol. The molecule has 0 atom stereocenters. The van der Waals surface area contributed by atoms with Crippen molar-refractivity contribution in [3.63, 3.8) is 0 Å². The maximum absolute atomic E-state index is 5.80. The van der Waals surface area contributed by atoms with Crippen molar-refractivity contribution in [2.45, 2.75) is 0 Å². The van der Waals surface area contributed by atoms with E-state index >= 15 is 0 Å². The van der Waals surface area contributed by atoms with E-state index in [1.54, 1.807) is 20.3 Å². The molecule has 0 aliphatic heterocycles. The Kier molecular flexibility index (Phi) is 4.07. The Balaban J connectivity index is 2.59. The van der Waals surface area contributed by atoms with Gasteiger partial charge in [-0.05, 0) is 12.1 Å². The lowest BCUT2D eigenvalue weighted by Crippen LogP contribution is -2.09. The molecule has 14 heavy (non-hydrogen) atoms. The van der Waals surface area contributed by atoms with Gasteiger partial charge in [0.15, 0.2) is 0 Å². The van der Waals surface area contributed by atoms with E-state index in [1.807, 2.05) is 12.1 Å². The molecule has 0 radical (unpaired) electrons. The van der Waals surface area contributed by atoms with Crippen LogP contribution in [0.1, 0.15) is 0 Å². The maximum atomic E-state index is 5.80. The predicted octanol–water partition coefficient (Wildman–Crippen LogP) is 1.34. The van der Waals surface area contributed by atoms with E-state index in [1.165, 1.54) is 0 Å². The van der Waals surface area contributed by atoms with Gasteiger partial charge in [-0.15, -0.1) is 0 Å². The summed E-state index contributed by atoms with van der Waals surface area (Å²) >= 11 is 0. The summed E-state index contributed by atoms with van der Waals surface area (Å²) in [6.45, 7) is 1.40. The fourth-order valence-electron chi connectivity index (χ4n) is 1.12. The summed E-state index contributed by atoms with van der Waals surface area (Å²) < 4.78 is 9.96. The van der Waals surface area contributed by atoms with Gasteiger partial charge in [0.1, 0.15) is 5.75 Å². The fraction of sp³-hybridized carbons (Fsp3) is 0.400. The SMILES string of the molecule is COCCNc1ccc(OC)cc1N. The molecule has 0 unspecified atom stereocenters. The normalized spacial score (nSPS) is 9.86. The molecule has 1 aromatic carbocycles. The van der Waals surface area contributed by atoms with Crippen molar-refractivity contribution in [2.75, 3.05) is 38.4 Å². The van der Waals surface area contributed by atoms with Crippen LogP contribution in [-0.2, 0) is 4.74 Å². The highest BCUT2D eigenvalue weighted by Crippen LogP contribution is 2.23. The molecule has 0 fully saturated rings. The Bertz CT molecular complexity index is 289. The lowest BCUT2D eigenvalue weighted by molar-refractivity contribution is 0.211. The zero-order valence-corrected chi connectivity index (χ0v) is 8.54. The van der Waals surface area contributed by atoms with Gasteiger partial charge in [-0.2, -0.15) is 0 Å². The van der Waals surface area contributed by atoms with Crippen molar-refractivity contribution >= 4 is 11.4 Å². The minimum absolute atomic E-state index is 0.658. The van der Waals surface area contributed by atoms with Crippen LogP contribution in [0.2, 0.25) is 0 Å². The highest BCUT2D eigenvalue weighted by Gasteiger charge is 1.99. The minimum atomic E-state index is 0.658. The molecule has 0 aliphatic carbocycles. The van der Waals surface area contributed by atoms with Gasteiger partial charge in [0.25, 0.3) is 0 Å². The molecule has 0 saturated heterocycles. The molecule has 0 amide bonds. The number of rotatable bonds is 5. The molecule has 0 saturated carbocycles. The standard InChI is InChI=1S/C10H16N2O2/c1-13-6-5-12-10-4-3-8(14-2)7-9(10)11/h3-4,7,12H,5-6,11H2,1-2H3. The minimum Gasteiger partial charge on any atom is -0.497 e. The van der Waals surface area contributed by atoms with Crippen molar-refractivity contribution in [3.8, 4) is 5.75 Å². The van der Waals surface area contributed by atoms with E-state index in [0.717, 1.165) is 18.0 Å². The molecule has 0 aromatic heterocycles. The molecular weight excluding hydrogens is 180 g/mol. The average Bonchev–Trinajstić information content (AvgIpc) is 2.20. The summed E-state index contributed by atoms with van der Waals surface area (Å²) in [5.74, 6) is 0.764. The highest BCUT2D eigenvalue weighted by atomic mass is 16.5. The smallest absolute Gasteiger partial charge is 0.121 e. The van der Waals surface area contributed by atoms with Gasteiger partial charge in [0.2, 0.25) is 0 Å². The van der Waals surface area contributed by atoms with Crippen molar-refractivity contribution in [1.29, 1.82) is 0 Å². The Labute approximate surface area is 84.0 Å². The van der Waals surface area contributed by atoms with Crippen molar-refractivity contribution in [1.82, 2.24) is 0 Å². The van der Waals surface area contributed by atoms with E-state index in [9.17, 15) is 0 Å². The van der Waals surface area contributed by atoms with Crippen LogP contribution >= 0.6 is 0 Å². The van der Waals surface area contributed by atoms with Crippen molar-refractivity contribution in [3.05, 3.63) is 18.2 Å². The molecular formula is C10H16N2O2. The first-order valence-electron chi connectivity index (χ1n) is 4.44. The number of nitrogen functional groups attached to an aromatic ring is 1. The third-order valence-corrected chi connectivity index (χ3v) is 1.88. The predicted molar refractivity (Wildman–Crippen MR) is 57.8 cm³/mol. The summed E-state index contributed by atoms with van der Waals surface area (Å²) in [6.07, 6.45) is 0. The molecule has 1 aromatic rings. The van der Waals surface area contributed by atoms with Crippen LogP contribution < -0.4 is 15.8 Å². The number of benzene rings is 1. The monoisotopic (exact) mass is 196 g/mol. The molecule has 0 bridgehead atoms. The first-order chi connectivity index (χ1) is 6.77. The third-order valence-electron chi connectivity index (χ3n) is 1.88. The molecule has 1 rings (SSSR count). The summed E-state index contributed by atoms with van der Waals surface area (Å²) in [5.41, 5.74) is 7.38. The maximum Gasteiger partial charge on any atom is 0.121 e. The van der Waals surface area contributed by atoms with Crippen LogP contribution in [0, 0.1) is 0 Å². The number of nitrogens with two attached hydrogens (primary N) is 1. The van der Waals surface area contributed by atoms with Crippen LogP contribution in [0.5, 0.6) is 5.75 Å². The number of nitrogens with one attached hydrogen (secondary N) is 1. The lowest BCUT2D eigenvalue weighted by Gasteiger charge is -2.09. The first-order valence-corrected chi connectivity index (χ1v) is 4.44. The van der Waals surface area contributed by atoms with E-state index in [2.05, 4.69) is 5.32 Å². The Morgan fingerprint density at radius 3 is 2.71 bits per heavy atom. The second kappa shape index (κ2) is 5.34. The van der Waals surface area contributed by atoms with E-state index in [4.69, 9.17) is 15.2 Å². The lowest BCUT2D eigenvalue weighted by atomic mass is 10.2. The Morgan fingerprint density at radius 1 is 1.36 bits per heavy atom. The second-order valence-corrected chi connectivity index (χ2v) is 2.87. The highest BCUT2D eigenvalue weighted by molar-refractivity contribution is 5.68. The quantitative estimate of drug-likeness (QED) is 0.551. The van der Waals surface area contributed by atoms with Gasteiger partial charge in [-0.3, -0.25) is 0 Å². The zero-order chi connectivity index (χ0) is 10.4. The number of anilines is 2. The largest absolute Gasteiger partial charge is 0.497 e. The number of hydrogen-bond donors (Lipinski definition) is 2. The van der Waals surface area contributed by atoms with Gasteiger partial charge in [-0.1, -0.05) is 0 Å². The molecule has 0 aliphatic rings. The fourth-order valence-corrected chi connectivity index (χ4v) is 1.12. The third kappa shape index (κ3) is 2.81. The summed E-state index contributed by atoms with van der Waals surface area (Å²) in [5, 5.41) is 3.16. The van der Waals surface area contributed by atoms with Gasteiger partial charge < -0.3 is 20.5 Å². The number of hydrogen-bond acceptors (Lipinski definition) is 4. The van der Waals surface area contributed by atoms with E-state index < -0.39 is 0 Å². The van der Waals surface area contributed by atoms with Crippen LogP contribution in [0.25, 0.3) is 0 Å². The number of ether oxygens (including phenoxy) is 2. The molecule has 4 heteroatoms. The second-order valence-electron chi connectivity index (χ2n) is 2.87. The van der Waals surface area contributed by atoms with E-state index in [-0.39, 0.29) is 0 Å². The van der Waals surface area contributed by atoms with Gasteiger partial charge in [-0.25, -0.2) is 0 Å². The Morgan fingerprint density at radius 2 is 2.14 bits per heavy atom. The molecule has 78 valence electrons. The summed E-state index contributed by atoms with van der Waals surface area (Å²) in [4.78, 5) is 0. The molecule has 0 spiro atoms. The number of methoxy groups -OCH3 is 2. The summed E-state index contributed by atoms with van der Waals surface area (Å²) in [7, 11) is 3.28. The Hall–Kier alpha value is -1.42. The van der Waals surface area contributed by atoms with Gasteiger partial charge >= 0.3 is 0 Å². The topological polar surface area (TPSA) is 56.5 Å². The summed E-state index contributed by atoms with van der Waals surface area (Å²) in [6, 6.07) is 5.55. The van der Waals surface area contributed by atoms with Crippen molar-refractivity contribution < 1.29 is 9.47 Å². The molecule has 3 N–H and O–H groups in total. The van der Waals surface area contributed by atoms with Gasteiger partial charge in [0, 0.05) is 19.7 Å². The first kappa shape index (κ1) is 10.7. The van der Waals surface area contributed by atoms with Crippen molar-refractivity contribution in [2.24, 2.45) is 0 Å². The molecule has 0 heterocycles. The molecule has 4 nitrogen and oxygen atoms in total. The van der Waals surface area contributed by atoms with Crippen LogP contribution in [-0.4, -0.2) is 27.4 Å². The van der Waals surface area contributed by atoms with Gasteiger partial charge in [0.05, 0.1) is 25.1 Å². The van der Waals surface area contributed by atoms with Crippen LogP contribution in [0.4, 0.5) is 11.4 Å². The zero-order valence-electron chi connectivity index (χ0n) is 8.54. The van der Waals surface area contributed by atoms with Crippen LogP contribution in [0.15, 0.2) is 18.2 Å². The van der Waals surface area contributed by atoms with Crippen LogP contribution in [0.3, 0.4) is 0 Å². The van der Waals surface area contributed by atoms with E-state index in [0.29, 0.717) is 12.3 Å².